The largest absolute Gasteiger partial charge is 0.458 e. The average Bonchev–Trinajstić information content (AvgIpc) is 2.67. The van der Waals surface area contributed by atoms with Gasteiger partial charge in [0, 0.05) is 10.5 Å². The van der Waals surface area contributed by atoms with Crippen LogP contribution in [0.1, 0.15) is 0 Å². The van der Waals surface area contributed by atoms with E-state index in [2.05, 4.69) is 42.5 Å². The summed E-state index contributed by atoms with van der Waals surface area (Å²) in [6, 6.07) is 24.5. The van der Waals surface area contributed by atoms with Crippen LogP contribution >= 0.6 is 11.6 Å². The van der Waals surface area contributed by atoms with Gasteiger partial charge in [-0.3, -0.25) is 0 Å². The van der Waals surface area contributed by atoms with E-state index < -0.39 is 0 Å². The Hall–Kier alpha value is -2.91. The van der Waals surface area contributed by atoms with Crippen LogP contribution < -0.4 is 25.9 Å². The van der Waals surface area contributed by atoms with Crippen molar-refractivity contribution in [2.45, 2.75) is 0 Å². The third kappa shape index (κ3) is 1.84. The van der Waals surface area contributed by atoms with Gasteiger partial charge in [0.25, 0.3) is 6.71 Å². The molecule has 0 bridgehead atoms. The fourth-order valence-corrected chi connectivity index (χ4v) is 4.34. The number of benzene rings is 4. The lowest BCUT2D eigenvalue weighted by atomic mass is 9.34. The maximum atomic E-state index is 6.27. The molecule has 0 radical (unpaired) electrons. The lowest BCUT2D eigenvalue weighted by Crippen LogP contribution is -2.57. The van der Waals surface area contributed by atoms with E-state index in [1.807, 2.05) is 30.3 Å². The van der Waals surface area contributed by atoms with Crippen molar-refractivity contribution in [3.05, 3.63) is 77.8 Å². The minimum absolute atomic E-state index is 0.0667. The summed E-state index contributed by atoms with van der Waals surface area (Å²) in [4.78, 5) is 0. The average molecular weight is 355 g/mol. The Morgan fingerprint density at radius 3 is 2.31 bits per heavy atom. The van der Waals surface area contributed by atoms with Crippen molar-refractivity contribution in [1.82, 2.24) is 0 Å². The van der Waals surface area contributed by atoms with Crippen molar-refractivity contribution in [1.29, 1.82) is 0 Å². The van der Waals surface area contributed by atoms with Crippen LogP contribution in [0.15, 0.2) is 72.8 Å². The third-order valence-corrected chi connectivity index (χ3v) is 5.50. The Morgan fingerprint density at radius 2 is 1.42 bits per heavy atom. The molecule has 4 aromatic carbocycles. The van der Waals surface area contributed by atoms with E-state index in [1.165, 1.54) is 16.2 Å². The highest BCUT2D eigenvalue weighted by molar-refractivity contribution is 6.99. The van der Waals surface area contributed by atoms with Crippen LogP contribution in [-0.4, -0.2) is 6.71 Å². The highest BCUT2D eigenvalue weighted by Crippen LogP contribution is 2.36. The third-order valence-electron chi connectivity index (χ3n) is 5.26. The van der Waals surface area contributed by atoms with Gasteiger partial charge in [-0.15, -0.1) is 0 Å². The predicted molar refractivity (Wildman–Crippen MR) is 107 cm³/mol. The Bertz CT molecular complexity index is 1220. The summed E-state index contributed by atoms with van der Waals surface area (Å²) in [6.45, 7) is 0.0667. The molecule has 0 saturated heterocycles. The maximum absolute atomic E-state index is 6.27. The second-order valence-electron chi connectivity index (χ2n) is 6.69. The summed E-state index contributed by atoms with van der Waals surface area (Å²) in [5.74, 6) is 3.41. The summed E-state index contributed by atoms with van der Waals surface area (Å²) in [6.07, 6.45) is 0. The molecule has 2 nitrogen and oxygen atoms in total. The summed E-state index contributed by atoms with van der Waals surface area (Å²) in [5.41, 5.74) is 3.40. The van der Waals surface area contributed by atoms with Gasteiger partial charge in [-0.25, -0.2) is 0 Å². The second-order valence-corrected chi connectivity index (χ2v) is 7.12. The molecule has 2 aliphatic heterocycles. The standard InChI is InChI=1S/C22H12BClO2/c24-14-9-10-16-20(12-14)26-18-7-3-6-17-22(18)23(16)21-15-5-2-1-4-13(15)8-11-19(21)25-17/h1-12H. The van der Waals surface area contributed by atoms with Gasteiger partial charge < -0.3 is 9.47 Å². The normalized spacial score (nSPS) is 13.3. The number of ether oxygens (including phenoxy) is 2. The van der Waals surface area contributed by atoms with Crippen LogP contribution in [0.2, 0.25) is 5.02 Å². The van der Waals surface area contributed by atoms with E-state index >= 15 is 0 Å². The quantitative estimate of drug-likeness (QED) is 0.380. The zero-order valence-electron chi connectivity index (χ0n) is 13.7. The molecule has 0 amide bonds. The molecule has 122 valence electrons. The first-order chi connectivity index (χ1) is 12.8. The van der Waals surface area contributed by atoms with Gasteiger partial charge in [0.05, 0.1) is 0 Å². The first-order valence-corrected chi connectivity index (χ1v) is 8.97. The highest BCUT2D eigenvalue weighted by atomic mass is 35.5. The maximum Gasteiger partial charge on any atom is 0.261 e. The number of hydrogen-bond acceptors (Lipinski definition) is 2. The van der Waals surface area contributed by atoms with E-state index in [0.717, 1.165) is 33.9 Å². The van der Waals surface area contributed by atoms with Crippen molar-refractivity contribution in [2.24, 2.45) is 0 Å². The summed E-state index contributed by atoms with van der Waals surface area (Å²) >= 11 is 6.23. The molecule has 2 heterocycles. The number of rotatable bonds is 0. The summed E-state index contributed by atoms with van der Waals surface area (Å²) < 4.78 is 12.4. The van der Waals surface area contributed by atoms with Gasteiger partial charge in [-0.1, -0.05) is 54.1 Å². The molecular weight excluding hydrogens is 343 g/mol. The minimum atomic E-state index is 0.0667. The van der Waals surface area contributed by atoms with E-state index in [-0.39, 0.29) is 6.71 Å². The minimum Gasteiger partial charge on any atom is -0.458 e. The van der Waals surface area contributed by atoms with E-state index in [9.17, 15) is 0 Å². The van der Waals surface area contributed by atoms with Crippen molar-refractivity contribution in [2.75, 3.05) is 0 Å². The zero-order valence-corrected chi connectivity index (χ0v) is 14.5. The van der Waals surface area contributed by atoms with Gasteiger partial charge in [0.1, 0.15) is 23.0 Å². The van der Waals surface area contributed by atoms with E-state index in [1.54, 1.807) is 0 Å². The predicted octanol–water partition coefficient (Wildman–Crippen LogP) is 4.22. The summed E-state index contributed by atoms with van der Waals surface area (Å²) in [7, 11) is 0. The Labute approximate surface area is 156 Å². The van der Waals surface area contributed by atoms with E-state index in [4.69, 9.17) is 21.1 Å². The Kier molecular flexibility index (Phi) is 2.78. The summed E-state index contributed by atoms with van der Waals surface area (Å²) in [5, 5.41) is 3.09. The molecule has 2 aliphatic rings. The van der Waals surface area contributed by atoms with Gasteiger partial charge in [-0.05, 0) is 52.0 Å². The number of fused-ring (bicyclic) bond motifs is 6. The van der Waals surface area contributed by atoms with Crippen LogP contribution in [0.3, 0.4) is 0 Å². The van der Waals surface area contributed by atoms with Crippen molar-refractivity contribution in [3.8, 4) is 23.0 Å². The monoisotopic (exact) mass is 354 g/mol. The van der Waals surface area contributed by atoms with Gasteiger partial charge in [-0.2, -0.15) is 0 Å². The van der Waals surface area contributed by atoms with E-state index in [0.29, 0.717) is 5.02 Å². The molecule has 4 aromatic rings. The van der Waals surface area contributed by atoms with Gasteiger partial charge in [0.15, 0.2) is 0 Å². The molecule has 0 saturated carbocycles. The number of hydrogen-bond donors (Lipinski definition) is 0. The Balaban J connectivity index is 1.75. The van der Waals surface area contributed by atoms with Crippen LogP contribution in [0, 0.1) is 0 Å². The molecule has 26 heavy (non-hydrogen) atoms. The molecule has 0 unspecified atom stereocenters. The molecule has 6 rings (SSSR count). The van der Waals surface area contributed by atoms with Crippen LogP contribution in [-0.2, 0) is 0 Å². The smallest absolute Gasteiger partial charge is 0.261 e. The molecule has 0 N–H and O–H groups in total. The first kappa shape index (κ1) is 14.3. The van der Waals surface area contributed by atoms with Gasteiger partial charge in [0.2, 0.25) is 0 Å². The molecule has 0 spiro atoms. The molecule has 0 aliphatic carbocycles. The molecule has 4 heteroatoms. The van der Waals surface area contributed by atoms with Gasteiger partial charge >= 0.3 is 0 Å². The fraction of sp³-hybridized carbons (Fsp3) is 0. The van der Waals surface area contributed by atoms with Crippen molar-refractivity contribution >= 4 is 45.5 Å². The fourth-order valence-electron chi connectivity index (χ4n) is 4.18. The highest BCUT2D eigenvalue weighted by Gasteiger charge is 2.40. The molecule has 0 aromatic heterocycles. The number of halogens is 1. The lowest BCUT2D eigenvalue weighted by Gasteiger charge is -2.33. The molecule has 0 atom stereocenters. The first-order valence-electron chi connectivity index (χ1n) is 8.59. The van der Waals surface area contributed by atoms with Crippen LogP contribution in [0.25, 0.3) is 10.8 Å². The molecule has 0 fully saturated rings. The zero-order chi connectivity index (χ0) is 17.3. The SMILES string of the molecule is Clc1ccc2c(c1)Oc1cccc3c1B2c1c(ccc2ccccc12)O3. The van der Waals surface area contributed by atoms with Crippen LogP contribution in [0.4, 0.5) is 0 Å². The lowest BCUT2D eigenvalue weighted by molar-refractivity contribution is 0.465. The van der Waals surface area contributed by atoms with Crippen molar-refractivity contribution in [3.63, 3.8) is 0 Å². The van der Waals surface area contributed by atoms with Crippen LogP contribution in [0.5, 0.6) is 23.0 Å². The topological polar surface area (TPSA) is 18.5 Å². The van der Waals surface area contributed by atoms with Crippen molar-refractivity contribution < 1.29 is 9.47 Å². The molecular formula is C22H12BClO2. The second kappa shape index (κ2) is 5.06. The Morgan fingerprint density at radius 1 is 0.654 bits per heavy atom.